The van der Waals surface area contributed by atoms with E-state index < -0.39 is 17.2 Å². The van der Waals surface area contributed by atoms with Crippen molar-refractivity contribution < 1.29 is 8.78 Å². The second kappa shape index (κ2) is 7.65. The van der Waals surface area contributed by atoms with E-state index >= 15 is 0 Å². The van der Waals surface area contributed by atoms with Gasteiger partial charge in [-0.15, -0.1) is 0 Å². The predicted octanol–water partition coefficient (Wildman–Crippen LogP) is 3.24. The molecule has 0 saturated heterocycles. The molecule has 3 rings (SSSR count). The van der Waals surface area contributed by atoms with Crippen molar-refractivity contribution in [3.63, 3.8) is 0 Å². The molecule has 0 aliphatic rings. The first-order chi connectivity index (χ1) is 12.5. The molecule has 0 atom stereocenters. The molecule has 0 unspecified atom stereocenters. The van der Waals surface area contributed by atoms with Gasteiger partial charge in [0.25, 0.3) is 5.56 Å². The summed E-state index contributed by atoms with van der Waals surface area (Å²) in [5, 5.41) is 13.7. The Morgan fingerprint density at radius 3 is 2.81 bits per heavy atom. The third-order valence-corrected chi connectivity index (χ3v) is 4.29. The first-order valence-corrected chi connectivity index (χ1v) is 8.31. The van der Waals surface area contributed by atoms with Gasteiger partial charge in [0.15, 0.2) is 5.82 Å². The van der Waals surface area contributed by atoms with Crippen LogP contribution in [0.2, 0.25) is 5.02 Å². The zero-order valence-corrected chi connectivity index (χ0v) is 14.6. The maximum Gasteiger partial charge on any atom is 0.292 e. The highest BCUT2D eigenvalue weighted by Crippen LogP contribution is 2.18. The first-order valence-electron chi connectivity index (χ1n) is 7.93. The van der Waals surface area contributed by atoms with E-state index in [1.54, 1.807) is 6.20 Å². The number of hydrogen-bond acceptors (Lipinski definition) is 4. The standard InChI is InChI=1S/C17H16ClF2N5O/c1-10-11(8-22-24-10)3-2-6-21-14-9-23-25(17(26)16(14)18)15-5-4-12(19)7-13(15)20/h4-5,7-9,21H,2-3,6H2,1H3,(H,22,24). The fourth-order valence-electron chi connectivity index (χ4n) is 2.51. The van der Waals surface area contributed by atoms with Crippen LogP contribution in [0, 0.1) is 18.6 Å². The zero-order valence-electron chi connectivity index (χ0n) is 13.9. The van der Waals surface area contributed by atoms with E-state index in [0.29, 0.717) is 18.3 Å². The van der Waals surface area contributed by atoms with Crippen molar-refractivity contribution in [2.45, 2.75) is 19.8 Å². The zero-order chi connectivity index (χ0) is 18.7. The van der Waals surface area contributed by atoms with Crippen molar-refractivity contribution in [2.75, 3.05) is 11.9 Å². The van der Waals surface area contributed by atoms with Crippen LogP contribution in [0.3, 0.4) is 0 Å². The molecule has 136 valence electrons. The maximum atomic E-state index is 13.9. The molecule has 0 amide bonds. The summed E-state index contributed by atoms with van der Waals surface area (Å²) >= 11 is 6.09. The fraction of sp³-hybridized carbons (Fsp3) is 0.235. The van der Waals surface area contributed by atoms with Gasteiger partial charge < -0.3 is 5.32 Å². The SMILES string of the molecule is Cc1[nH]ncc1CCCNc1cnn(-c2ccc(F)cc2F)c(=O)c1Cl. The highest BCUT2D eigenvalue weighted by Gasteiger charge is 2.14. The minimum absolute atomic E-state index is 0.108. The van der Waals surface area contributed by atoms with Crippen molar-refractivity contribution >= 4 is 17.3 Å². The Labute approximate surface area is 152 Å². The summed E-state index contributed by atoms with van der Waals surface area (Å²) in [6, 6.07) is 2.86. The molecule has 2 heterocycles. The summed E-state index contributed by atoms with van der Waals surface area (Å²) < 4.78 is 27.7. The van der Waals surface area contributed by atoms with Crippen LogP contribution in [0.25, 0.3) is 5.69 Å². The summed E-state index contributed by atoms with van der Waals surface area (Å²) in [6.45, 7) is 2.52. The van der Waals surface area contributed by atoms with Gasteiger partial charge >= 0.3 is 0 Å². The molecule has 0 aliphatic heterocycles. The average Bonchev–Trinajstić information content (AvgIpc) is 3.01. The highest BCUT2D eigenvalue weighted by atomic mass is 35.5. The third kappa shape index (κ3) is 3.75. The van der Waals surface area contributed by atoms with Gasteiger partial charge in [-0.1, -0.05) is 11.6 Å². The molecular weight excluding hydrogens is 364 g/mol. The number of halogens is 3. The van der Waals surface area contributed by atoms with Gasteiger partial charge in [-0.05, 0) is 37.5 Å². The van der Waals surface area contributed by atoms with Gasteiger partial charge in [0.2, 0.25) is 0 Å². The molecule has 0 spiro atoms. The normalized spacial score (nSPS) is 10.9. The topological polar surface area (TPSA) is 75.6 Å². The smallest absolute Gasteiger partial charge is 0.292 e. The largest absolute Gasteiger partial charge is 0.382 e. The fourth-order valence-corrected chi connectivity index (χ4v) is 2.71. The Morgan fingerprint density at radius 1 is 1.31 bits per heavy atom. The van der Waals surface area contributed by atoms with Crippen LogP contribution < -0.4 is 10.9 Å². The second-order valence-corrected chi connectivity index (χ2v) is 6.11. The van der Waals surface area contributed by atoms with E-state index in [-0.39, 0.29) is 10.7 Å². The van der Waals surface area contributed by atoms with E-state index in [9.17, 15) is 13.6 Å². The van der Waals surface area contributed by atoms with Gasteiger partial charge in [0.1, 0.15) is 16.5 Å². The molecule has 0 fully saturated rings. The van der Waals surface area contributed by atoms with E-state index in [4.69, 9.17) is 11.6 Å². The molecule has 0 saturated carbocycles. The van der Waals surface area contributed by atoms with Crippen molar-refractivity contribution in [1.29, 1.82) is 0 Å². The molecule has 0 aliphatic carbocycles. The van der Waals surface area contributed by atoms with Crippen LogP contribution in [-0.4, -0.2) is 26.5 Å². The van der Waals surface area contributed by atoms with Crippen LogP contribution in [0.1, 0.15) is 17.7 Å². The lowest BCUT2D eigenvalue weighted by molar-refractivity contribution is 0.570. The monoisotopic (exact) mass is 379 g/mol. The Balaban J connectivity index is 1.71. The van der Waals surface area contributed by atoms with Gasteiger partial charge in [0.05, 0.1) is 18.1 Å². The van der Waals surface area contributed by atoms with E-state index in [0.717, 1.165) is 40.9 Å². The van der Waals surface area contributed by atoms with E-state index in [1.165, 1.54) is 6.20 Å². The Hall–Kier alpha value is -2.74. The lowest BCUT2D eigenvalue weighted by Gasteiger charge is -2.11. The third-order valence-electron chi connectivity index (χ3n) is 3.93. The van der Waals surface area contributed by atoms with Crippen LogP contribution >= 0.6 is 11.6 Å². The number of rotatable bonds is 6. The summed E-state index contributed by atoms with van der Waals surface area (Å²) in [7, 11) is 0. The predicted molar refractivity (Wildman–Crippen MR) is 94.9 cm³/mol. The number of aryl methyl sites for hydroxylation is 2. The summed E-state index contributed by atoms with van der Waals surface area (Å²) in [5.41, 5.74) is 1.65. The van der Waals surface area contributed by atoms with Crippen molar-refractivity contribution in [1.82, 2.24) is 20.0 Å². The number of nitrogens with one attached hydrogen (secondary N) is 2. The molecular formula is C17H16ClF2N5O. The quantitative estimate of drug-likeness (QED) is 0.645. The number of hydrogen-bond donors (Lipinski definition) is 2. The number of H-pyrrole nitrogens is 1. The van der Waals surface area contributed by atoms with Crippen LogP contribution in [0.5, 0.6) is 0 Å². The second-order valence-electron chi connectivity index (χ2n) is 5.74. The molecule has 0 bridgehead atoms. The van der Waals surface area contributed by atoms with Crippen molar-refractivity contribution in [2.24, 2.45) is 0 Å². The molecule has 9 heteroatoms. The molecule has 26 heavy (non-hydrogen) atoms. The van der Waals surface area contributed by atoms with E-state index in [2.05, 4.69) is 20.6 Å². The summed E-state index contributed by atoms with van der Waals surface area (Å²) in [6.07, 6.45) is 4.74. The number of aromatic amines is 1. The summed E-state index contributed by atoms with van der Waals surface area (Å²) in [5.74, 6) is -1.64. The Bertz CT molecular complexity index is 986. The number of anilines is 1. The minimum atomic E-state index is -0.896. The molecule has 6 nitrogen and oxygen atoms in total. The molecule has 0 radical (unpaired) electrons. The molecule has 1 aromatic carbocycles. The average molecular weight is 380 g/mol. The van der Waals surface area contributed by atoms with Crippen molar-refractivity contribution in [3.05, 3.63) is 68.9 Å². The number of benzene rings is 1. The van der Waals surface area contributed by atoms with Gasteiger partial charge in [-0.2, -0.15) is 14.9 Å². The highest BCUT2D eigenvalue weighted by molar-refractivity contribution is 6.32. The van der Waals surface area contributed by atoms with Crippen molar-refractivity contribution in [3.8, 4) is 5.69 Å². The van der Waals surface area contributed by atoms with Gasteiger partial charge in [-0.3, -0.25) is 9.89 Å². The number of nitrogens with zero attached hydrogens (tertiary/aromatic N) is 3. The van der Waals surface area contributed by atoms with Crippen LogP contribution in [0.4, 0.5) is 14.5 Å². The first kappa shape index (κ1) is 18.1. The van der Waals surface area contributed by atoms with Gasteiger partial charge in [0, 0.05) is 18.3 Å². The summed E-state index contributed by atoms with van der Waals surface area (Å²) in [4.78, 5) is 12.3. The van der Waals surface area contributed by atoms with Gasteiger partial charge in [-0.25, -0.2) is 8.78 Å². The lowest BCUT2D eigenvalue weighted by atomic mass is 10.1. The maximum absolute atomic E-state index is 13.9. The number of aromatic nitrogens is 4. The van der Waals surface area contributed by atoms with Crippen LogP contribution in [0.15, 0.2) is 35.4 Å². The van der Waals surface area contributed by atoms with E-state index in [1.807, 2.05) is 6.92 Å². The Kier molecular flexibility index (Phi) is 5.32. The Morgan fingerprint density at radius 2 is 2.12 bits per heavy atom. The molecule has 2 N–H and O–H groups in total. The van der Waals surface area contributed by atoms with Crippen LogP contribution in [-0.2, 0) is 6.42 Å². The molecule has 2 aromatic heterocycles. The minimum Gasteiger partial charge on any atom is -0.382 e. The molecule has 3 aromatic rings. The lowest BCUT2D eigenvalue weighted by Crippen LogP contribution is -2.23.